The highest BCUT2D eigenvalue weighted by molar-refractivity contribution is 5.65. The average Bonchev–Trinajstić information content (AvgIpc) is 2.68. The van der Waals surface area contributed by atoms with Crippen LogP contribution in [0.3, 0.4) is 0 Å². The third-order valence-corrected chi connectivity index (χ3v) is 3.63. The summed E-state index contributed by atoms with van der Waals surface area (Å²) in [5, 5.41) is 8.02. The van der Waals surface area contributed by atoms with Gasteiger partial charge in [0.1, 0.15) is 5.82 Å². The lowest BCUT2D eigenvalue weighted by Gasteiger charge is -2.29. The number of hydrogen-bond donors (Lipinski definition) is 2. The number of nitrogen functional groups attached to an aromatic ring is 1. The molecule has 1 aromatic rings. The Morgan fingerprint density at radius 1 is 1.40 bits per heavy atom. The van der Waals surface area contributed by atoms with E-state index in [0.717, 1.165) is 63.0 Å². The minimum Gasteiger partial charge on any atom is -0.394 e. The molecule has 6 nitrogen and oxygen atoms in total. The number of nitrogens with one attached hydrogen (secondary N) is 1. The average molecular weight is 281 g/mol. The summed E-state index contributed by atoms with van der Waals surface area (Å²) >= 11 is 0. The Hall–Kier alpha value is -1.27. The van der Waals surface area contributed by atoms with E-state index in [2.05, 4.69) is 29.2 Å². The first kappa shape index (κ1) is 15.1. The zero-order valence-electron chi connectivity index (χ0n) is 12.9. The fourth-order valence-corrected chi connectivity index (χ4v) is 2.57. The zero-order chi connectivity index (χ0) is 14.5. The van der Waals surface area contributed by atoms with Gasteiger partial charge in [-0.15, -0.1) is 0 Å². The number of aryl methyl sites for hydroxylation is 2. The van der Waals surface area contributed by atoms with Crippen LogP contribution >= 0.6 is 0 Å². The molecule has 0 aromatic carbocycles. The van der Waals surface area contributed by atoms with Crippen molar-refractivity contribution in [3.63, 3.8) is 0 Å². The molecule has 1 saturated heterocycles. The Morgan fingerprint density at radius 3 is 2.75 bits per heavy atom. The van der Waals surface area contributed by atoms with Gasteiger partial charge >= 0.3 is 0 Å². The summed E-state index contributed by atoms with van der Waals surface area (Å²) in [7, 11) is 0. The van der Waals surface area contributed by atoms with E-state index in [-0.39, 0.29) is 0 Å². The molecule has 0 radical (unpaired) electrons. The van der Waals surface area contributed by atoms with Crippen molar-refractivity contribution in [1.29, 1.82) is 0 Å². The van der Waals surface area contributed by atoms with E-state index in [9.17, 15) is 0 Å². The largest absolute Gasteiger partial charge is 0.394 e. The SMILES string of the molecule is CCCn1nc(C)c(N)c1NC(C)CN1CCOCC1. The number of anilines is 2. The Balaban J connectivity index is 1.97. The Bertz CT molecular complexity index is 425. The molecule has 114 valence electrons. The zero-order valence-corrected chi connectivity index (χ0v) is 12.9. The summed E-state index contributed by atoms with van der Waals surface area (Å²) in [4.78, 5) is 2.42. The van der Waals surface area contributed by atoms with E-state index >= 15 is 0 Å². The second kappa shape index (κ2) is 6.95. The van der Waals surface area contributed by atoms with Gasteiger partial charge in [-0.3, -0.25) is 4.90 Å². The summed E-state index contributed by atoms with van der Waals surface area (Å²) < 4.78 is 7.36. The normalized spacial score (nSPS) is 18.1. The van der Waals surface area contributed by atoms with Gasteiger partial charge in [-0.2, -0.15) is 5.10 Å². The lowest BCUT2D eigenvalue weighted by molar-refractivity contribution is 0.0368. The van der Waals surface area contributed by atoms with Gasteiger partial charge in [-0.1, -0.05) is 6.92 Å². The minimum absolute atomic E-state index is 0.335. The van der Waals surface area contributed by atoms with Crippen molar-refractivity contribution in [3.8, 4) is 0 Å². The quantitative estimate of drug-likeness (QED) is 0.823. The van der Waals surface area contributed by atoms with Crippen molar-refractivity contribution in [1.82, 2.24) is 14.7 Å². The lowest BCUT2D eigenvalue weighted by Crippen LogP contribution is -2.42. The topological polar surface area (TPSA) is 68.3 Å². The number of nitrogens with two attached hydrogens (primary N) is 1. The molecule has 2 rings (SSSR count). The van der Waals surface area contributed by atoms with Crippen molar-refractivity contribution in [2.24, 2.45) is 0 Å². The van der Waals surface area contributed by atoms with E-state index in [0.29, 0.717) is 6.04 Å². The van der Waals surface area contributed by atoms with Gasteiger partial charge in [0.25, 0.3) is 0 Å². The molecule has 1 aromatic heterocycles. The first-order valence-electron chi connectivity index (χ1n) is 7.51. The predicted octanol–water partition coefficient (Wildman–Crippen LogP) is 1.32. The molecule has 0 spiro atoms. The van der Waals surface area contributed by atoms with Gasteiger partial charge in [0.05, 0.1) is 24.6 Å². The molecule has 1 atom stereocenters. The molecular formula is C14H27N5O. The van der Waals surface area contributed by atoms with Crippen molar-refractivity contribution >= 4 is 11.5 Å². The van der Waals surface area contributed by atoms with Crippen LogP contribution in [0.15, 0.2) is 0 Å². The molecule has 2 heterocycles. The van der Waals surface area contributed by atoms with Crippen LogP contribution in [0.4, 0.5) is 11.5 Å². The minimum atomic E-state index is 0.335. The van der Waals surface area contributed by atoms with Crippen molar-refractivity contribution in [3.05, 3.63) is 5.69 Å². The highest BCUT2D eigenvalue weighted by Gasteiger charge is 2.17. The van der Waals surface area contributed by atoms with Crippen molar-refractivity contribution < 1.29 is 4.74 Å². The van der Waals surface area contributed by atoms with E-state index < -0.39 is 0 Å². The molecule has 1 fully saturated rings. The molecule has 3 N–H and O–H groups in total. The number of nitrogens with zero attached hydrogens (tertiary/aromatic N) is 3. The first-order chi connectivity index (χ1) is 9.61. The number of hydrogen-bond acceptors (Lipinski definition) is 5. The predicted molar refractivity (Wildman–Crippen MR) is 82.0 cm³/mol. The molecule has 0 amide bonds. The van der Waals surface area contributed by atoms with Gasteiger partial charge in [0.15, 0.2) is 0 Å². The van der Waals surface area contributed by atoms with Gasteiger partial charge in [-0.05, 0) is 20.3 Å². The first-order valence-corrected chi connectivity index (χ1v) is 7.51. The highest BCUT2D eigenvalue weighted by atomic mass is 16.5. The summed E-state index contributed by atoms with van der Waals surface area (Å²) in [5.74, 6) is 0.963. The maximum Gasteiger partial charge on any atom is 0.148 e. The number of aromatic nitrogens is 2. The molecule has 1 unspecified atom stereocenters. The van der Waals surface area contributed by atoms with Crippen LogP contribution in [0.5, 0.6) is 0 Å². The molecule has 0 bridgehead atoms. The molecule has 1 aliphatic rings. The van der Waals surface area contributed by atoms with Crippen LogP contribution in [0, 0.1) is 6.92 Å². The highest BCUT2D eigenvalue weighted by Crippen LogP contribution is 2.23. The van der Waals surface area contributed by atoms with Crippen LogP contribution in [-0.2, 0) is 11.3 Å². The number of rotatable bonds is 6. The maximum atomic E-state index is 6.14. The van der Waals surface area contributed by atoms with E-state index in [1.807, 2.05) is 11.6 Å². The van der Waals surface area contributed by atoms with Gasteiger partial charge < -0.3 is 15.8 Å². The van der Waals surface area contributed by atoms with Crippen LogP contribution in [0.25, 0.3) is 0 Å². The molecule has 20 heavy (non-hydrogen) atoms. The van der Waals surface area contributed by atoms with Crippen molar-refractivity contribution in [2.45, 2.75) is 39.8 Å². The van der Waals surface area contributed by atoms with Crippen LogP contribution in [0.1, 0.15) is 26.0 Å². The third-order valence-electron chi connectivity index (χ3n) is 3.63. The Labute approximate surface area is 121 Å². The molecule has 0 aliphatic carbocycles. The van der Waals surface area contributed by atoms with Crippen LogP contribution < -0.4 is 11.1 Å². The maximum absolute atomic E-state index is 6.14. The van der Waals surface area contributed by atoms with Gasteiger partial charge in [0.2, 0.25) is 0 Å². The lowest BCUT2D eigenvalue weighted by atomic mass is 10.2. The summed E-state index contributed by atoms with van der Waals surface area (Å²) in [6.07, 6.45) is 1.05. The van der Waals surface area contributed by atoms with E-state index in [1.165, 1.54) is 0 Å². The fourth-order valence-electron chi connectivity index (χ4n) is 2.57. The van der Waals surface area contributed by atoms with E-state index in [4.69, 9.17) is 10.5 Å². The molecular weight excluding hydrogens is 254 g/mol. The van der Waals surface area contributed by atoms with Gasteiger partial charge in [-0.25, -0.2) is 4.68 Å². The monoisotopic (exact) mass is 281 g/mol. The molecule has 6 heteroatoms. The standard InChI is InChI=1S/C14H27N5O/c1-4-5-19-14(13(15)12(3)17-19)16-11(2)10-18-6-8-20-9-7-18/h11,16H,4-10,15H2,1-3H3. The second-order valence-corrected chi connectivity index (χ2v) is 5.53. The smallest absolute Gasteiger partial charge is 0.148 e. The summed E-state index contributed by atoms with van der Waals surface area (Å²) in [5.41, 5.74) is 7.81. The van der Waals surface area contributed by atoms with Crippen LogP contribution in [-0.4, -0.2) is 53.6 Å². The van der Waals surface area contributed by atoms with E-state index in [1.54, 1.807) is 0 Å². The molecule has 1 aliphatic heterocycles. The van der Waals surface area contributed by atoms with Gasteiger partial charge in [0, 0.05) is 32.2 Å². The second-order valence-electron chi connectivity index (χ2n) is 5.53. The summed E-state index contributed by atoms with van der Waals surface area (Å²) in [6.45, 7) is 11.9. The number of morpholine rings is 1. The third kappa shape index (κ3) is 3.64. The van der Waals surface area contributed by atoms with Crippen LogP contribution in [0.2, 0.25) is 0 Å². The summed E-state index contributed by atoms with van der Waals surface area (Å²) in [6, 6.07) is 0.335. The van der Waals surface area contributed by atoms with Crippen molar-refractivity contribution in [2.75, 3.05) is 43.9 Å². The molecule has 0 saturated carbocycles. The Kier molecular flexibility index (Phi) is 5.25. The fraction of sp³-hybridized carbons (Fsp3) is 0.786. The number of ether oxygens (including phenoxy) is 1. The Morgan fingerprint density at radius 2 is 2.10 bits per heavy atom.